The maximum atomic E-state index is 12.3. The van der Waals surface area contributed by atoms with Crippen molar-refractivity contribution in [3.63, 3.8) is 0 Å². The Morgan fingerprint density at radius 1 is 1.00 bits per heavy atom. The minimum atomic E-state index is -0.391. The lowest BCUT2D eigenvalue weighted by molar-refractivity contribution is 0.0934. The van der Waals surface area contributed by atoms with E-state index in [0.717, 1.165) is 18.4 Å². The highest BCUT2D eigenvalue weighted by atomic mass is 32.1. The van der Waals surface area contributed by atoms with E-state index >= 15 is 0 Å². The van der Waals surface area contributed by atoms with Gasteiger partial charge in [-0.15, -0.1) is 0 Å². The summed E-state index contributed by atoms with van der Waals surface area (Å²) < 4.78 is 5.59. The molecule has 0 aliphatic heterocycles. The zero-order valence-electron chi connectivity index (χ0n) is 15.4. The van der Waals surface area contributed by atoms with Crippen LogP contribution in [0.4, 0.5) is 0 Å². The molecular weight excluding hydrogens is 362 g/mol. The van der Waals surface area contributed by atoms with E-state index in [1.165, 1.54) is 0 Å². The molecule has 2 aromatic carbocycles. The van der Waals surface area contributed by atoms with Gasteiger partial charge in [-0.1, -0.05) is 37.1 Å². The van der Waals surface area contributed by atoms with E-state index in [9.17, 15) is 9.59 Å². The second kappa shape index (κ2) is 10.3. The molecule has 0 aliphatic carbocycles. The number of benzene rings is 2. The summed E-state index contributed by atoms with van der Waals surface area (Å²) >= 11 is 5.05. The smallest absolute Gasteiger partial charge is 0.269 e. The van der Waals surface area contributed by atoms with E-state index in [2.05, 4.69) is 23.1 Å². The second-order valence-corrected chi connectivity index (χ2v) is 6.37. The van der Waals surface area contributed by atoms with Gasteiger partial charge in [-0.3, -0.25) is 25.8 Å². The highest BCUT2D eigenvalue weighted by Crippen LogP contribution is 2.13. The molecule has 6 nitrogen and oxygen atoms in total. The lowest BCUT2D eigenvalue weighted by Crippen LogP contribution is -2.48. The molecule has 0 radical (unpaired) electrons. The van der Waals surface area contributed by atoms with E-state index in [0.29, 0.717) is 23.5 Å². The Kier molecular flexibility index (Phi) is 7.76. The van der Waals surface area contributed by atoms with Crippen LogP contribution >= 0.6 is 12.2 Å². The summed E-state index contributed by atoms with van der Waals surface area (Å²) in [7, 11) is 0. The molecule has 0 atom stereocenters. The number of carbonyl (C=O) groups is 2. The topological polar surface area (TPSA) is 79.5 Å². The zero-order chi connectivity index (χ0) is 19.6. The molecule has 0 unspecified atom stereocenters. The summed E-state index contributed by atoms with van der Waals surface area (Å²) in [6.45, 7) is 4.62. The molecule has 2 rings (SSSR count). The van der Waals surface area contributed by atoms with Crippen LogP contribution < -0.4 is 20.9 Å². The number of carbonyl (C=O) groups excluding carboxylic acids is 2. The van der Waals surface area contributed by atoms with Gasteiger partial charge in [-0.2, -0.15) is 0 Å². The number of hydrogen-bond donors (Lipinski definition) is 3. The molecule has 0 saturated carbocycles. The molecule has 7 heteroatoms. The first-order valence-electron chi connectivity index (χ1n) is 8.71. The molecule has 3 N–H and O–H groups in total. The minimum absolute atomic E-state index is 0.00207. The first-order valence-corrected chi connectivity index (χ1v) is 9.11. The van der Waals surface area contributed by atoms with E-state index in [4.69, 9.17) is 17.0 Å². The van der Waals surface area contributed by atoms with Crippen molar-refractivity contribution in [2.75, 3.05) is 6.61 Å². The largest absolute Gasteiger partial charge is 0.494 e. The van der Waals surface area contributed by atoms with Crippen LogP contribution in [-0.4, -0.2) is 23.5 Å². The Morgan fingerprint density at radius 2 is 1.74 bits per heavy atom. The van der Waals surface area contributed by atoms with Crippen molar-refractivity contribution in [2.45, 2.75) is 26.7 Å². The average molecular weight is 385 g/mol. The van der Waals surface area contributed by atoms with Gasteiger partial charge in [0.1, 0.15) is 5.75 Å². The standard InChI is InChI=1S/C20H23N3O3S/c1-3-4-12-26-17-7-5-6-16(13-17)18(24)21-20(27)23-22-19(25)15-10-8-14(2)9-11-15/h5-11,13H,3-4,12H2,1-2H3,(H,22,25)(H2,21,23,24,27). The summed E-state index contributed by atoms with van der Waals surface area (Å²) in [5, 5.41) is 2.52. The predicted molar refractivity (Wildman–Crippen MR) is 109 cm³/mol. The first-order chi connectivity index (χ1) is 13.0. The van der Waals surface area contributed by atoms with Crippen molar-refractivity contribution < 1.29 is 14.3 Å². The molecular formula is C20H23N3O3S. The molecule has 0 aromatic heterocycles. The average Bonchev–Trinajstić information content (AvgIpc) is 2.67. The van der Waals surface area contributed by atoms with Crippen LogP contribution in [0.2, 0.25) is 0 Å². The minimum Gasteiger partial charge on any atom is -0.494 e. The van der Waals surface area contributed by atoms with Crippen molar-refractivity contribution in [3.05, 3.63) is 65.2 Å². The van der Waals surface area contributed by atoms with Crippen LogP contribution in [0.3, 0.4) is 0 Å². The van der Waals surface area contributed by atoms with E-state index in [-0.39, 0.29) is 11.0 Å². The van der Waals surface area contributed by atoms with E-state index in [1.807, 2.05) is 19.1 Å². The fourth-order valence-electron chi connectivity index (χ4n) is 2.16. The van der Waals surface area contributed by atoms with Gasteiger partial charge in [0, 0.05) is 11.1 Å². The van der Waals surface area contributed by atoms with Gasteiger partial charge >= 0.3 is 0 Å². The van der Waals surface area contributed by atoms with Crippen molar-refractivity contribution in [2.24, 2.45) is 0 Å². The Bertz CT molecular complexity index is 806. The Hall–Kier alpha value is -2.93. The quantitative estimate of drug-likeness (QED) is 0.404. The van der Waals surface area contributed by atoms with Crippen LogP contribution in [0.25, 0.3) is 0 Å². The van der Waals surface area contributed by atoms with Crippen LogP contribution in [0.15, 0.2) is 48.5 Å². The fourth-order valence-corrected chi connectivity index (χ4v) is 2.30. The number of hydrogen-bond acceptors (Lipinski definition) is 4. The number of thiocarbonyl (C=S) groups is 1. The van der Waals surface area contributed by atoms with Crippen molar-refractivity contribution in [3.8, 4) is 5.75 Å². The SMILES string of the molecule is CCCCOc1cccc(C(=O)NC(=S)NNC(=O)c2ccc(C)cc2)c1. The lowest BCUT2D eigenvalue weighted by Gasteiger charge is -2.11. The van der Waals surface area contributed by atoms with Gasteiger partial charge in [0.25, 0.3) is 11.8 Å². The Labute approximate surface area is 164 Å². The second-order valence-electron chi connectivity index (χ2n) is 5.96. The molecule has 0 spiro atoms. The van der Waals surface area contributed by atoms with Gasteiger partial charge < -0.3 is 4.74 Å². The number of nitrogens with one attached hydrogen (secondary N) is 3. The van der Waals surface area contributed by atoms with Crippen LogP contribution in [0, 0.1) is 6.92 Å². The van der Waals surface area contributed by atoms with Gasteiger partial charge in [-0.25, -0.2) is 0 Å². The molecule has 0 fully saturated rings. The number of rotatable bonds is 6. The normalized spacial score (nSPS) is 10.0. The number of unbranched alkanes of at least 4 members (excludes halogenated alkanes) is 1. The zero-order valence-corrected chi connectivity index (χ0v) is 16.2. The van der Waals surface area contributed by atoms with Crippen molar-refractivity contribution >= 4 is 29.1 Å². The summed E-state index contributed by atoms with van der Waals surface area (Å²) in [6.07, 6.45) is 1.99. The molecule has 0 aliphatic rings. The maximum Gasteiger partial charge on any atom is 0.269 e. The van der Waals surface area contributed by atoms with Gasteiger partial charge in [-0.05, 0) is 55.9 Å². The van der Waals surface area contributed by atoms with Gasteiger partial charge in [0.2, 0.25) is 0 Å². The summed E-state index contributed by atoms with van der Waals surface area (Å²) in [6, 6.07) is 13.9. The first kappa shape index (κ1) is 20.4. The molecule has 2 aromatic rings. The third-order valence-corrected chi connectivity index (χ3v) is 3.90. The highest BCUT2D eigenvalue weighted by Gasteiger charge is 2.10. The molecule has 2 amide bonds. The van der Waals surface area contributed by atoms with Gasteiger partial charge in [0.15, 0.2) is 5.11 Å². The molecule has 0 bridgehead atoms. The molecule has 0 heterocycles. The van der Waals surface area contributed by atoms with E-state index < -0.39 is 5.91 Å². The Balaban J connectivity index is 1.84. The lowest BCUT2D eigenvalue weighted by atomic mass is 10.1. The van der Waals surface area contributed by atoms with Crippen molar-refractivity contribution in [1.82, 2.24) is 16.2 Å². The molecule has 27 heavy (non-hydrogen) atoms. The van der Waals surface area contributed by atoms with Crippen molar-refractivity contribution in [1.29, 1.82) is 0 Å². The fraction of sp³-hybridized carbons (Fsp3) is 0.250. The highest BCUT2D eigenvalue weighted by molar-refractivity contribution is 7.80. The third kappa shape index (κ3) is 6.71. The van der Waals surface area contributed by atoms with E-state index in [1.54, 1.807) is 36.4 Å². The summed E-state index contributed by atoms with van der Waals surface area (Å²) in [5.41, 5.74) is 6.93. The predicted octanol–water partition coefficient (Wildman–Crippen LogP) is 3.12. The number of aryl methyl sites for hydroxylation is 1. The number of ether oxygens (including phenoxy) is 1. The van der Waals surface area contributed by atoms with Crippen LogP contribution in [0.1, 0.15) is 46.0 Å². The number of hydrazine groups is 1. The van der Waals surface area contributed by atoms with Crippen LogP contribution in [0.5, 0.6) is 5.75 Å². The maximum absolute atomic E-state index is 12.3. The van der Waals surface area contributed by atoms with Gasteiger partial charge in [0.05, 0.1) is 6.61 Å². The number of amides is 2. The Morgan fingerprint density at radius 3 is 2.44 bits per heavy atom. The van der Waals surface area contributed by atoms with Crippen LogP contribution in [-0.2, 0) is 0 Å². The monoisotopic (exact) mass is 385 g/mol. The molecule has 0 saturated heterocycles. The third-order valence-electron chi connectivity index (χ3n) is 3.69. The summed E-state index contributed by atoms with van der Waals surface area (Å²) in [4.78, 5) is 24.3. The molecule has 142 valence electrons. The summed E-state index contributed by atoms with van der Waals surface area (Å²) in [5.74, 6) is -0.112.